The smallest absolute Gasteiger partial charge is 0.250 e. The molecule has 114 valence electrons. The van der Waals surface area contributed by atoms with Crippen molar-refractivity contribution < 1.29 is 14.3 Å². The number of Topliss-reactive ketones (excluding diaryl/α,β-unsaturated/α-hetero) is 1. The van der Waals surface area contributed by atoms with Gasteiger partial charge < -0.3 is 15.8 Å². The predicted molar refractivity (Wildman–Crippen MR) is 83.7 cm³/mol. The van der Waals surface area contributed by atoms with Crippen LogP contribution in [0.3, 0.4) is 0 Å². The van der Waals surface area contributed by atoms with Crippen molar-refractivity contribution in [3.63, 3.8) is 0 Å². The molecule has 1 aromatic heterocycles. The molecule has 2 aromatic rings. The zero-order valence-electron chi connectivity index (χ0n) is 12.4. The van der Waals surface area contributed by atoms with Crippen LogP contribution in [-0.4, -0.2) is 23.3 Å². The largest absolute Gasteiger partial charge is 0.492 e. The maximum Gasteiger partial charge on any atom is 0.250 e. The number of carbonyl (C=O) groups is 2. The fraction of sp³-hybridized carbons (Fsp3) is 0.188. The lowest BCUT2D eigenvalue weighted by molar-refractivity contribution is 0.0996. The molecule has 0 saturated heterocycles. The number of anilines is 2. The second kappa shape index (κ2) is 6.71. The molecule has 1 heterocycles. The summed E-state index contributed by atoms with van der Waals surface area (Å²) in [7, 11) is 0. The molecule has 0 unspecified atom stereocenters. The topological polar surface area (TPSA) is 94.3 Å². The molecule has 0 fully saturated rings. The third-order valence-electron chi connectivity index (χ3n) is 3.00. The third-order valence-corrected chi connectivity index (χ3v) is 3.00. The maximum atomic E-state index is 11.5. The van der Waals surface area contributed by atoms with Crippen LogP contribution in [0.5, 0.6) is 5.75 Å². The molecule has 2 rings (SSSR count). The maximum absolute atomic E-state index is 11.5. The van der Waals surface area contributed by atoms with Crippen molar-refractivity contribution in [3.05, 3.63) is 47.7 Å². The van der Waals surface area contributed by atoms with Gasteiger partial charge in [-0.25, -0.2) is 4.98 Å². The van der Waals surface area contributed by atoms with Gasteiger partial charge in [-0.1, -0.05) is 0 Å². The molecule has 0 bridgehead atoms. The molecule has 0 spiro atoms. The number of hydrogen-bond acceptors (Lipinski definition) is 5. The van der Waals surface area contributed by atoms with Crippen molar-refractivity contribution in [3.8, 4) is 5.75 Å². The van der Waals surface area contributed by atoms with Gasteiger partial charge in [0.15, 0.2) is 5.78 Å². The molecule has 0 atom stereocenters. The van der Waals surface area contributed by atoms with E-state index in [1.807, 2.05) is 6.92 Å². The molecule has 0 aliphatic heterocycles. The van der Waals surface area contributed by atoms with Gasteiger partial charge in [-0.15, -0.1) is 0 Å². The van der Waals surface area contributed by atoms with Crippen LogP contribution < -0.4 is 15.8 Å². The standard InChI is InChI=1S/C16H17N3O3/c1-3-22-14-6-4-11(10(2)20)8-13(14)19-15-7-5-12(9-18-15)16(17)21/h4-9H,3H2,1-2H3,(H2,17,21)(H,18,19). The molecule has 1 amide bonds. The summed E-state index contributed by atoms with van der Waals surface area (Å²) in [6.07, 6.45) is 1.39. The van der Waals surface area contributed by atoms with E-state index in [-0.39, 0.29) is 5.78 Å². The number of hydrogen-bond donors (Lipinski definition) is 2. The summed E-state index contributed by atoms with van der Waals surface area (Å²) in [5.41, 5.74) is 6.71. The van der Waals surface area contributed by atoms with Gasteiger partial charge >= 0.3 is 0 Å². The first-order valence-electron chi connectivity index (χ1n) is 6.82. The minimum absolute atomic E-state index is 0.0388. The van der Waals surface area contributed by atoms with Crippen molar-refractivity contribution in [1.82, 2.24) is 4.98 Å². The molecule has 1 aromatic carbocycles. The number of primary amides is 1. The van der Waals surface area contributed by atoms with Gasteiger partial charge in [-0.2, -0.15) is 0 Å². The van der Waals surface area contributed by atoms with Crippen LogP contribution in [0.4, 0.5) is 11.5 Å². The Bertz CT molecular complexity index is 696. The normalized spacial score (nSPS) is 10.1. The van der Waals surface area contributed by atoms with Gasteiger partial charge in [-0.05, 0) is 44.2 Å². The third kappa shape index (κ3) is 3.60. The Balaban J connectivity index is 2.31. The van der Waals surface area contributed by atoms with Crippen molar-refractivity contribution in [1.29, 1.82) is 0 Å². The summed E-state index contributed by atoms with van der Waals surface area (Å²) in [5.74, 6) is 0.565. The number of nitrogens with one attached hydrogen (secondary N) is 1. The summed E-state index contributed by atoms with van der Waals surface area (Å²) < 4.78 is 5.53. The quantitative estimate of drug-likeness (QED) is 0.799. The van der Waals surface area contributed by atoms with E-state index in [2.05, 4.69) is 10.3 Å². The second-order valence-electron chi connectivity index (χ2n) is 4.62. The molecule has 3 N–H and O–H groups in total. The molecule has 6 nitrogen and oxygen atoms in total. The van der Waals surface area contributed by atoms with Gasteiger partial charge in [0, 0.05) is 11.8 Å². The highest BCUT2D eigenvalue weighted by molar-refractivity contribution is 5.95. The van der Waals surface area contributed by atoms with Crippen molar-refractivity contribution >= 4 is 23.2 Å². The number of ether oxygens (including phenoxy) is 1. The Morgan fingerprint density at radius 1 is 1.23 bits per heavy atom. The molecule has 0 radical (unpaired) electrons. The number of carbonyl (C=O) groups excluding carboxylic acids is 2. The van der Waals surface area contributed by atoms with E-state index in [0.717, 1.165) is 0 Å². The molecule has 0 aliphatic rings. The highest BCUT2D eigenvalue weighted by Crippen LogP contribution is 2.28. The fourth-order valence-corrected chi connectivity index (χ4v) is 1.88. The van der Waals surface area contributed by atoms with Crippen molar-refractivity contribution in [2.24, 2.45) is 5.73 Å². The number of aromatic nitrogens is 1. The van der Waals surface area contributed by atoms with Crippen molar-refractivity contribution in [2.45, 2.75) is 13.8 Å². The zero-order valence-corrected chi connectivity index (χ0v) is 12.4. The minimum Gasteiger partial charge on any atom is -0.492 e. The molecule has 22 heavy (non-hydrogen) atoms. The Morgan fingerprint density at radius 3 is 2.50 bits per heavy atom. The first kappa shape index (κ1) is 15.5. The average molecular weight is 299 g/mol. The average Bonchev–Trinajstić information content (AvgIpc) is 2.49. The SMILES string of the molecule is CCOc1ccc(C(C)=O)cc1Nc1ccc(C(N)=O)cn1. The van der Waals surface area contributed by atoms with Crippen LogP contribution in [0.25, 0.3) is 0 Å². The van der Waals surface area contributed by atoms with Gasteiger partial charge in [0.1, 0.15) is 11.6 Å². The molecule has 0 aliphatic carbocycles. The van der Waals surface area contributed by atoms with Crippen molar-refractivity contribution in [2.75, 3.05) is 11.9 Å². The van der Waals surface area contributed by atoms with E-state index in [0.29, 0.717) is 35.0 Å². The summed E-state index contributed by atoms with van der Waals surface area (Å²) in [6.45, 7) is 3.88. The van der Waals surface area contributed by atoms with Crippen LogP contribution in [0.1, 0.15) is 34.6 Å². The minimum atomic E-state index is -0.535. The monoisotopic (exact) mass is 299 g/mol. The number of nitrogens with zero attached hydrogens (tertiary/aromatic N) is 1. The fourth-order valence-electron chi connectivity index (χ4n) is 1.88. The number of ketones is 1. The zero-order chi connectivity index (χ0) is 16.1. The number of rotatable bonds is 6. The van der Waals surface area contributed by atoms with Gasteiger partial charge in [0.25, 0.3) is 0 Å². The lowest BCUT2D eigenvalue weighted by Gasteiger charge is -2.13. The lowest BCUT2D eigenvalue weighted by atomic mass is 10.1. The molecular weight excluding hydrogens is 282 g/mol. The van der Waals surface area contributed by atoms with Gasteiger partial charge in [0.2, 0.25) is 5.91 Å². The summed E-state index contributed by atoms with van der Waals surface area (Å²) in [4.78, 5) is 26.7. The lowest BCUT2D eigenvalue weighted by Crippen LogP contribution is -2.11. The first-order chi connectivity index (χ1) is 10.5. The highest BCUT2D eigenvalue weighted by atomic mass is 16.5. The van der Waals surface area contributed by atoms with Crippen LogP contribution in [0.15, 0.2) is 36.5 Å². The van der Waals surface area contributed by atoms with Gasteiger partial charge in [0.05, 0.1) is 17.9 Å². The number of pyridine rings is 1. The Hall–Kier alpha value is -2.89. The summed E-state index contributed by atoms with van der Waals surface area (Å²) >= 11 is 0. The van der Waals surface area contributed by atoms with E-state index in [1.54, 1.807) is 30.3 Å². The number of benzene rings is 1. The number of nitrogens with two attached hydrogens (primary N) is 1. The van der Waals surface area contributed by atoms with E-state index in [4.69, 9.17) is 10.5 Å². The number of amides is 1. The Kier molecular flexibility index (Phi) is 4.73. The Labute approximate surface area is 128 Å². The van der Waals surface area contributed by atoms with E-state index in [9.17, 15) is 9.59 Å². The van der Waals surface area contributed by atoms with Crippen LogP contribution >= 0.6 is 0 Å². The highest BCUT2D eigenvalue weighted by Gasteiger charge is 2.09. The summed E-state index contributed by atoms with van der Waals surface area (Å²) in [6, 6.07) is 8.36. The first-order valence-corrected chi connectivity index (χ1v) is 6.82. The molecular formula is C16H17N3O3. The van der Waals surface area contributed by atoms with Gasteiger partial charge in [-0.3, -0.25) is 9.59 Å². The van der Waals surface area contributed by atoms with Crippen LogP contribution in [0.2, 0.25) is 0 Å². The summed E-state index contributed by atoms with van der Waals surface area (Å²) in [5, 5.41) is 3.08. The molecule has 0 saturated carbocycles. The molecule has 6 heteroatoms. The predicted octanol–water partition coefficient (Wildman–Crippen LogP) is 2.53. The Morgan fingerprint density at radius 2 is 1.95 bits per heavy atom. The van der Waals surface area contributed by atoms with E-state index >= 15 is 0 Å². The van der Waals surface area contributed by atoms with E-state index in [1.165, 1.54) is 13.1 Å². The van der Waals surface area contributed by atoms with Crippen LogP contribution in [0, 0.1) is 0 Å². The van der Waals surface area contributed by atoms with Crippen LogP contribution in [-0.2, 0) is 0 Å². The van der Waals surface area contributed by atoms with E-state index < -0.39 is 5.91 Å². The second-order valence-corrected chi connectivity index (χ2v) is 4.62.